The number of benzene rings is 2. The first-order chi connectivity index (χ1) is 10.6. The Kier molecular flexibility index (Phi) is 4.01. The van der Waals surface area contributed by atoms with E-state index in [2.05, 4.69) is 4.98 Å². The highest BCUT2D eigenvalue weighted by molar-refractivity contribution is 6.37. The number of halogens is 2. The molecule has 0 aliphatic carbocycles. The fraction of sp³-hybridized carbons (Fsp3) is 0.0588. The van der Waals surface area contributed by atoms with Crippen LogP contribution in [0.25, 0.3) is 22.0 Å². The number of aromatic nitrogens is 1. The summed E-state index contributed by atoms with van der Waals surface area (Å²) in [7, 11) is 1.34. The second kappa shape index (κ2) is 5.95. The van der Waals surface area contributed by atoms with Gasteiger partial charge in [0.1, 0.15) is 0 Å². The van der Waals surface area contributed by atoms with E-state index in [1.807, 2.05) is 18.2 Å². The second-order valence-corrected chi connectivity index (χ2v) is 5.50. The summed E-state index contributed by atoms with van der Waals surface area (Å²) in [5.41, 5.74) is 2.71. The molecule has 0 N–H and O–H groups in total. The number of hydrogen-bond acceptors (Lipinski definition) is 3. The zero-order valence-corrected chi connectivity index (χ0v) is 13.2. The SMILES string of the molecule is COC(=O)c1ccc2ncc(Cl)c(-c3ccccc3Cl)c2c1. The summed E-state index contributed by atoms with van der Waals surface area (Å²) in [6.07, 6.45) is 1.58. The standard InChI is InChI=1S/C17H11Cl2NO2/c1-22-17(21)10-6-7-15-12(8-10)16(14(19)9-20-15)11-4-2-3-5-13(11)18/h2-9H,1H3. The smallest absolute Gasteiger partial charge is 0.337 e. The summed E-state index contributed by atoms with van der Waals surface area (Å²) in [5, 5.41) is 1.81. The van der Waals surface area contributed by atoms with E-state index in [4.69, 9.17) is 27.9 Å². The average molecular weight is 332 g/mol. The van der Waals surface area contributed by atoms with Crippen molar-refractivity contribution in [2.75, 3.05) is 7.11 Å². The maximum absolute atomic E-state index is 11.8. The lowest BCUT2D eigenvalue weighted by Crippen LogP contribution is -2.01. The van der Waals surface area contributed by atoms with Crippen LogP contribution in [-0.4, -0.2) is 18.1 Å². The Morgan fingerprint density at radius 1 is 1.09 bits per heavy atom. The highest BCUT2D eigenvalue weighted by Gasteiger charge is 2.15. The van der Waals surface area contributed by atoms with E-state index in [0.29, 0.717) is 15.6 Å². The third-order valence-corrected chi connectivity index (χ3v) is 4.00. The second-order valence-electron chi connectivity index (χ2n) is 4.68. The number of rotatable bonds is 2. The van der Waals surface area contributed by atoms with Crippen molar-refractivity contribution in [3.8, 4) is 11.1 Å². The Hall–Kier alpha value is -2.10. The van der Waals surface area contributed by atoms with Crippen LogP contribution < -0.4 is 0 Å². The largest absolute Gasteiger partial charge is 0.465 e. The molecule has 0 saturated carbocycles. The lowest BCUT2D eigenvalue weighted by molar-refractivity contribution is 0.0601. The van der Waals surface area contributed by atoms with E-state index >= 15 is 0 Å². The normalized spacial score (nSPS) is 10.7. The van der Waals surface area contributed by atoms with Crippen LogP contribution in [0.5, 0.6) is 0 Å². The molecule has 2 aromatic carbocycles. The van der Waals surface area contributed by atoms with E-state index in [1.54, 1.807) is 30.5 Å². The molecule has 1 heterocycles. The molecule has 22 heavy (non-hydrogen) atoms. The molecular formula is C17H11Cl2NO2. The third kappa shape index (κ3) is 2.54. The van der Waals surface area contributed by atoms with Crippen LogP contribution >= 0.6 is 23.2 Å². The number of pyridine rings is 1. The van der Waals surface area contributed by atoms with Crippen molar-refractivity contribution in [3.63, 3.8) is 0 Å². The van der Waals surface area contributed by atoms with Crippen molar-refractivity contribution in [2.45, 2.75) is 0 Å². The summed E-state index contributed by atoms with van der Waals surface area (Å²) in [6.45, 7) is 0. The van der Waals surface area contributed by atoms with Crippen molar-refractivity contribution >= 4 is 40.1 Å². The molecule has 110 valence electrons. The van der Waals surface area contributed by atoms with Crippen LogP contribution in [0.15, 0.2) is 48.7 Å². The minimum absolute atomic E-state index is 0.410. The van der Waals surface area contributed by atoms with Gasteiger partial charge in [-0.1, -0.05) is 41.4 Å². The molecule has 0 amide bonds. The average Bonchev–Trinajstić information content (AvgIpc) is 2.54. The number of esters is 1. The van der Waals surface area contributed by atoms with Gasteiger partial charge >= 0.3 is 5.97 Å². The number of fused-ring (bicyclic) bond motifs is 1. The predicted molar refractivity (Wildman–Crippen MR) is 88.5 cm³/mol. The Labute approximate surface area is 137 Å². The molecule has 0 saturated heterocycles. The number of carbonyl (C=O) groups is 1. The van der Waals surface area contributed by atoms with E-state index in [0.717, 1.165) is 22.0 Å². The molecule has 0 spiro atoms. The molecule has 0 aliphatic rings. The molecule has 0 unspecified atom stereocenters. The van der Waals surface area contributed by atoms with Gasteiger partial charge in [0, 0.05) is 27.7 Å². The van der Waals surface area contributed by atoms with Gasteiger partial charge in [-0.25, -0.2) is 4.79 Å². The van der Waals surface area contributed by atoms with Gasteiger partial charge < -0.3 is 4.74 Å². The molecule has 0 atom stereocenters. The molecule has 3 nitrogen and oxygen atoms in total. The molecule has 5 heteroatoms. The Morgan fingerprint density at radius 3 is 2.59 bits per heavy atom. The zero-order valence-electron chi connectivity index (χ0n) is 11.6. The lowest BCUT2D eigenvalue weighted by Gasteiger charge is -2.11. The molecule has 3 aromatic rings. The van der Waals surface area contributed by atoms with Gasteiger partial charge in [0.25, 0.3) is 0 Å². The van der Waals surface area contributed by atoms with Crippen LogP contribution in [0.4, 0.5) is 0 Å². The molecule has 0 aliphatic heterocycles. The molecule has 0 bridgehead atoms. The highest BCUT2D eigenvalue weighted by Crippen LogP contribution is 2.38. The minimum atomic E-state index is -0.410. The van der Waals surface area contributed by atoms with Gasteiger partial charge in [-0.2, -0.15) is 0 Å². The van der Waals surface area contributed by atoms with Gasteiger partial charge in [0.2, 0.25) is 0 Å². The van der Waals surface area contributed by atoms with Crippen LogP contribution in [0.3, 0.4) is 0 Å². The predicted octanol–water partition coefficient (Wildman–Crippen LogP) is 5.00. The van der Waals surface area contributed by atoms with Crippen LogP contribution in [-0.2, 0) is 4.74 Å². The van der Waals surface area contributed by atoms with Gasteiger partial charge in [0.05, 0.1) is 23.2 Å². The van der Waals surface area contributed by atoms with E-state index in [9.17, 15) is 4.79 Å². The van der Waals surface area contributed by atoms with Crippen molar-refractivity contribution < 1.29 is 9.53 Å². The highest BCUT2D eigenvalue weighted by atomic mass is 35.5. The molecular weight excluding hydrogens is 321 g/mol. The van der Waals surface area contributed by atoms with E-state index in [-0.39, 0.29) is 0 Å². The van der Waals surface area contributed by atoms with E-state index in [1.165, 1.54) is 7.11 Å². The summed E-state index contributed by atoms with van der Waals surface area (Å²) in [6, 6.07) is 12.6. The fourth-order valence-electron chi connectivity index (χ4n) is 2.35. The summed E-state index contributed by atoms with van der Waals surface area (Å²) >= 11 is 12.6. The van der Waals surface area contributed by atoms with Crippen molar-refractivity contribution in [1.29, 1.82) is 0 Å². The summed E-state index contributed by atoms with van der Waals surface area (Å²) < 4.78 is 4.77. The fourth-order valence-corrected chi connectivity index (χ4v) is 2.83. The number of carbonyl (C=O) groups excluding carboxylic acids is 1. The van der Waals surface area contributed by atoms with E-state index < -0.39 is 5.97 Å². The summed E-state index contributed by atoms with van der Waals surface area (Å²) in [4.78, 5) is 16.1. The van der Waals surface area contributed by atoms with Crippen molar-refractivity contribution in [2.24, 2.45) is 0 Å². The van der Waals surface area contributed by atoms with Gasteiger partial charge in [0.15, 0.2) is 0 Å². The van der Waals surface area contributed by atoms with Crippen LogP contribution in [0, 0.1) is 0 Å². The van der Waals surface area contributed by atoms with Crippen molar-refractivity contribution in [3.05, 3.63) is 64.3 Å². The minimum Gasteiger partial charge on any atom is -0.465 e. The number of methoxy groups -OCH3 is 1. The maximum Gasteiger partial charge on any atom is 0.337 e. The molecule has 3 rings (SSSR count). The Bertz CT molecular complexity index is 878. The molecule has 1 aromatic heterocycles. The van der Waals surface area contributed by atoms with Crippen LogP contribution in [0.1, 0.15) is 10.4 Å². The van der Waals surface area contributed by atoms with Crippen LogP contribution in [0.2, 0.25) is 10.0 Å². The Balaban J connectivity index is 2.35. The zero-order chi connectivity index (χ0) is 15.7. The summed E-state index contributed by atoms with van der Waals surface area (Å²) in [5.74, 6) is -0.410. The van der Waals surface area contributed by atoms with Gasteiger partial charge in [-0.15, -0.1) is 0 Å². The lowest BCUT2D eigenvalue weighted by atomic mass is 9.99. The van der Waals surface area contributed by atoms with Gasteiger partial charge in [-0.05, 0) is 24.3 Å². The Morgan fingerprint density at radius 2 is 1.86 bits per heavy atom. The monoisotopic (exact) mass is 331 g/mol. The number of hydrogen-bond donors (Lipinski definition) is 0. The molecule has 0 fully saturated rings. The van der Waals surface area contributed by atoms with Crippen molar-refractivity contribution in [1.82, 2.24) is 4.98 Å². The maximum atomic E-state index is 11.8. The number of nitrogens with zero attached hydrogens (tertiary/aromatic N) is 1. The molecule has 0 radical (unpaired) electrons. The first kappa shape index (κ1) is 14.8. The topological polar surface area (TPSA) is 39.2 Å². The quantitative estimate of drug-likeness (QED) is 0.620. The first-order valence-corrected chi connectivity index (χ1v) is 7.29. The first-order valence-electron chi connectivity index (χ1n) is 6.53. The number of ether oxygens (including phenoxy) is 1. The third-order valence-electron chi connectivity index (χ3n) is 3.39. The van der Waals surface area contributed by atoms with Gasteiger partial charge in [-0.3, -0.25) is 4.98 Å².